The number of nitrogens with zero attached hydrogens (tertiary/aromatic N) is 2. The van der Waals surface area contributed by atoms with E-state index in [0.29, 0.717) is 18.7 Å². The molecule has 2 N–H and O–H groups in total. The molecule has 7 heteroatoms. The number of aromatic nitrogens is 2. The van der Waals surface area contributed by atoms with Crippen molar-refractivity contribution in [2.24, 2.45) is 0 Å². The number of carbonyl (C=O) groups excluding carboxylic acids is 1. The summed E-state index contributed by atoms with van der Waals surface area (Å²) in [5, 5.41) is 10.0. The first kappa shape index (κ1) is 16.9. The van der Waals surface area contributed by atoms with Crippen LogP contribution in [0, 0.1) is 0 Å². The smallest absolute Gasteiger partial charge is 0.254 e. The zero-order valence-electron chi connectivity index (χ0n) is 10.8. The minimum Gasteiger partial charge on any atom is -0.383 e. The van der Waals surface area contributed by atoms with E-state index in [1.807, 2.05) is 6.92 Å². The van der Waals surface area contributed by atoms with Crippen LogP contribution < -0.4 is 10.6 Å². The zero-order valence-corrected chi connectivity index (χ0v) is 11.6. The number of hydrogen-bond acceptors (Lipinski definition) is 4. The van der Waals surface area contributed by atoms with E-state index in [1.54, 1.807) is 24.2 Å². The monoisotopic (exact) mass is 276 g/mol. The molecule has 1 heterocycles. The number of halogens is 1. The fraction of sp³-hybridized carbons (Fsp3) is 0.636. The van der Waals surface area contributed by atoms with Crippen molar-refractivity contribution in [3.63, 3.8) is 0 Å². The SMILES string of the molecule is CCn1cc(C(=O)NCCNCCOC)cn1.Cl. The molecule has 18 heavy (non-hydrogen) atoms. The van der Waals surface area contributed by atoms with Gasteiger partial charge >= 0.3 is 0 Å². The lowest BCUT2D eigenvalue weighted by atomic mass is 10.3. The van der Waals surface area contributed by atoms with Crippen molar-refractivity contribution in [2.75, 3.05) is 33.4 Å². The van der Waals surface area contributed by atoms with Gasteiger partial charge in [0.15, 0.2) is 0 Å². The van der Waals surface area contributed by atoms with Gasteiger partial charge in [-0.3, -0.25) is 9.48 Å². The van der Waals surface area contributed by atoms with E-state index in [1.165, 1.54) is 0 Å². The van der Waals surface area contributed by atoms with Crippen LogP contribution in [-0.4, -0.2) is 49.0 Å². The lowest BCUT2D eigenvalue weighted by Gasteiger charge is -2.05. The molecule has 0 unspecified atom stereocenters. The van der Waals surface area contributed by atoms with Gasteiger partial charge in [0.25, 0.3) is 5.91 Å². The number of methoxy groups -OCH3 is 1. The highest BCUT2D eigenvalue weighted by Crippen LogP contribution is 1.96. The van der Waals surface area contributed by atoms with Crippen molar-refractivity contribution < 1.29 is 9.53 Å². The van der Waals surface area contributed by atoms with Gasteiger partial charge in [-0.05, 0) is 6.92 Å². The third-order valence-corrected chi connectivity index (χ3v) is 2.29. The zero-order chi connectivity index (χ0) is 12.5. The molecule has 104 valence electrons. The Kier molecular flexibility index (Phi) is 9.26. The first-order valence-corrected chi connectivity index (χ1v) is 5.78. The van der Waals surface area contributed by atoms with Crippen LogP contribution in [0.2, 0.25) is 0 Å². The van der Waals surface area contributed by atoms with E-state index in [9.17, 15) is 4.79 Å². The predicted octanol–water partition coefficient (Wildman–Crippen LogP) is 0.291. The molecule has 0 aromatic carbocycles. The van der Waals surface area contributed by atoms with Crippen molar-refractivity contribution in [1.29, 1.82) is 0 Å². The molecule has 1 rings (SSSR count). The second kappa shape index (κ2) is 9.87. The fourth-order valence-corrected chi connectivity index (χ4v) is 1.32. The number of ether oxygens (including phenoxy) is 1. The van der Waals surface area contributed by atoms with Gasteiger partial charge in [0, 0.05) is 39.5 Å². The lowest BCUT2D eigenvalue weighted by Crippen LogP contribution is -2.32. The molecule has 0 aliphatic carbocycles. The Morgan fingerprint density at radius 3 is 2.83 bits per heavy atom. The molecule has 0 spiro atoms. The molecule has 0 saturated heterocycles. The molecule has 0 fully saturated rings. The number of aryl methyl sites for hydroxylation is 1. The van der Waals surface area contributed by atoms with Crippen molar-refractivity contribution in [3.8, 4) is 0 Å². The van der Waals surface area contributed by atoms with Crippen LogP contribution in [0.4, 0.5) is 0 Å². The largest absolute Gasteiger partial charge is 0.383 e. The van der Waals surface area contributed by atoms with Gasteiger partial charge in [-0.1, -0.05) is 0 Å². The van der Waals surface area contributed by atoms with Crippen LogP contribution in [0.25, 0.3) is 0 Å². The number of hydrogen-bond donors (Lipinski definition) is 2. The Labute approximate surface area is 113 Å². The van der Waals surface area contributed by atoms with Crippen LogP contribution in [0.5, 0.6) is 0 Å². The molecule has 1 aromatic heterocycles. The maximum Gasteiger partial charge on any atom is 0.254 e. The highest BCUT2D eigenvalue weighted by Gasteiger charge is 2.06. The van der Waals surface area contributed by atoms with Crippen molar-refractivity contribution >= 4 is 18.3 Å². The van der Waals surface area contributed by atoms with Crippen molar-refractivity contribution in [3.05, 3.63) is 18.0 Å². The summed E-state index contributed by atoms with van der Waals surface area (Å²) >= 11 is 0. The molecule has 1 amide bonds. The molecule has 6 nitrogen and oxygen atoms in total. The Morgan fingerprint density at radius 2 is 2.22 bits per heavy atom. The number of nitrogens with one attached hydrogen (secondary N) is 2. The first-order valence-electron chi connectivity index (χ1n) is 5.78. The molecule has 0 atom stereocenters. The summed E-state index contributed by atoms with van der Waals surface area (Å²) in [6.45, 7) is 5.55. The van der Waals surface area contributed by atoms with E-state index in [2.05, 4.69) is 15.7 Å². The number of amides is 1. The molecule has 0 saturated carbocycles. The normalized spacial score (nSPS) is 9.89. The van der Waals surface area contributed by atoms with Crippen molar-refractivity contribution in [1.82, 2.24) is 20.4 Å². The van der Waals surface area contributed by atoms with E-state index >= 15 is 0 Å². The molecular formula is C11H21ClN4O2. The average Bonchev–Trinajstić information content (AvgIpc) is 2.82. The minimum atomic E-state index is -0.0850. The van der Waals surface area contributed by atoms with E-state index in [-0.39, 0.29) is 18.3 Å². The summed E-state index contributed by atoms with van der Waals surface area (Å²) < 4.78 is 6.62. The van der Waals surface area contributed by atoms with Crippen LogP contribution >= 0.6 is 12.4 Å². The Bertz CT molecular complexity index is 344. The Balaban J connectivity index is 0.00000289. The van der Waals surface area contributed by atoms with Gasteiger partial charge in [0.2, 0.25) is 0 Å². The molecule has 1 aromatic rings. The molecule has 0 aliphatic heterocycles. The van der Waals surface area contributed by atoms with E-state index in [4.69, 9.17) is 4.74 Å². The Morgan fingerprint density at radius 1 is 1.44 bits per heavy atom. The quantitative estimate of drug-likeness (QED) is 0.670. The lowest BCUT2D eigenvalue weighted by molar-refractivity contribution is 0.0953. The second-order valence-electron chi connectivity index (χ2n) is 3.58. The fourth-order valence-electron chi connectivity index (χ4n) is 1.32. The summed E-state index contributed by atoms with van der Waals surface area (Å²) in [6, 6.07) is 0. The minimum absolute atomic E-state index is 0. The van der Waals surface area contributed by atoms with E-state index < -0.39 is 0 Å². The Hall–Kier alpha value is -1.11. The summed E-state index contributed by atoms with van der Waals surface area (Å²) in [5.41, 5.74) is 0.601. The summed E-state index contributed by atoms with van der Waals surface area (Å²) in [4.78, 5) is 11.6. The maximum absolute atomic E-state index is 11.6. The summed E-state index contributed by atoms with van der Waals surface area (Å²) in [6.07, 6.45) is 3.32. The number of rotatable bonds is 8. The van der Waals surface area contributed by atoms with Crippen LogP contribution in [-0.2, 0) is 11.3 Å². The molecule has 0 bridgehead atoms. The van der Waals surface area contributed by atoms with E-state index in [0.717, 1.165) is 19.6 Å². The average molecular weight is 277 g/mol. The highest BCUT2D eigenvalue weighted by molar-refractivity contribution is 5.93. The van der Waals surface area contributed by atoms with Crippen LogP contribution in [0.15, 0.2) is 12.4 Å². The first-order chi connectivity index (χ1) is 8.27. The van der Waals surface area contributed by atoms with Gasteiger partial charge in [-0.25, -0.2) is 0 Å². The standard InChI is InChI=1S/C11H20N4O2.ClH/c1-3-15-9-10(8-14-15)11(16)13-5-4-12-6-7-17-2;/h8-9,12H,3-7H2,1-2H3,(H,13,16);1H. The molecular weight excluding hydrogens is 256 g/mol. The van der Waals surface area contributed by atoms with Crippen molar-refractivity contribution in [2.45, 2.75) is 13.5 Å². The van der Waals surface area contributed by atoms with Gasteiger partial charge in [-0.15, -0.1) is 12.4 Å². The van der Waals surface area contributed by atoms with Gasteiger partial charge < -0.3 is 15.4 Å². The van der Waals surface area contributed by atoms with Gasteiger partial charge in [0.1, 0.15) is 0 Å². The third-order valence-electron chi connectivity index (χ3n) is 2.29. The van der Waals surface area contributed by atoms with Gasteiger partial charge in [0.05, 0.1) is 18.4 Å². The molecule has 0 radical (unpaired) electrons. The predicted molar refractivity (Wildman–Crippen MR) is 72.2 cm³/mol. The number of carbonyl (C=O) groups is 1. The highest BCUT2D eigenvalue weighted by atomic mass is 35.5. The second-order valence-corrected chi connectivity index (χ2v) is 3.58. The third kappa shape index (κ3) is 6.00. The van der Waals surface area contributed by atoms with Gasteiger partial charge in [-0.2, -0.15) is 5.10 Å². The maximum atomic E-state index is 11.6. The molecule has 0 aliphatic rings. The van der Waals surface area contributed by atoms with Crippen LogP contribution in [0.3, 0.4) is 0 Å². The van der Waals surface area contributed by atoms with Crippen LogP contribution in [0.1, 0.15) is 17.3 Å². The summed E-state index contributed by atoms with van der Waals surface area (Å²) in [5.74, 6) is -0.0850. The topological polar surface area (TPSA) is 68.2 Å². The summed E-state index contributed by atoms with van der Waals surface area (Å²) in [7, 11) is 1.66.